The average Bonchev–Trinajstić information content (AvgIpc) is 3.17. The molecule has 7 nitrogen and oxygen atoms in total. The normalized spacial score (nSPS) is 18.5. The van der Waals surface area contributed by atoms with E-state index in [0.717, 1.165) is 24.3 Å². The first-order valence-electron chi connectivity index (χ1n) is 7.61. The molecule has 0 radical (unpaired) electrons. The Morgan fingerprint density at radius 3 is 2.62 bits per heavy atom. The molecule has 0 amide bonds. The summed E-state index contributed by atoms with van der Waals surface area (Å²) in [5.74, 6) is 0.0379. The van der Waals surface area contributed by atoms with Crippen LogP contribution in [0.4, 0.5) is 0 Å². The average molecular weight is 418 g/mol. The van der Waals surface area contributed by atoms with Crippen LogP contribution in [0.1, 0.15) is 24.6 Å². The predicted molar refractivity (Wildman–Crippen MR) is 98.9 cm³/mol. The monoisotopic (exact) mass is 417 g/mol. The van der Waals surface area contributed by atoms with Crippen molar-refractivity contribution in [1.82, 2.24) is 14.8 Å². The number of rotatable bonds is 9. The van der Waals surface area contributed by atoms with Gasteiger partial charge in [0.15, 0.2) is 0 Å². The molecule has 2 heterocycles. The molecule has 1 aliphatic heterocycles. The van der Waals surface area contributed by atoms with Gasteiger partial charge in [0.2, 0.25) is 20.0 Å². The van der Waals surface area contributed by atoms with E-state index in [1.54, 1.807) is 19.1 Å². The zero-order valence-corrected chi connectivity index (χ0v) is 16.7. The van der Waals surface area contributed by atoms with Gasteiger partial charge in [0, 0.05) is 24.0 Å². The van der Waals surface area contributed by atoms with Crippen LogP contribution in [0.15, 0.2) is 16.3 Å². The van der Waals surface area contributed by atoms with Gasteiger partial charge >= 0.3 is 0 Å². The molecule has 1 atom stereocenters. The van der Waals surface area contributed by atoms with Crippen molar-refractivity contribution in [3.63, 3.8) is 0 Å². The van der Waals surface area contributed by atoms with Gasteiger partial charge in [0.25, 0.3) is 0 Å². The van der Waals surface area contributed by atoms with E-state index in [9.17, 15) is 16.8 Å². The van der Waals surface area contributed by atoms with Gasteiger partial charge in [-0.2, -0.15) is 0 Å². The smallest absolute Gasteiger partial charge is 0.250 e. The van der Waals surface area contributed by atoms with Gasteiger partial charge in [0.05, 0.1) is 5.75 Å². The molecule has 1 aromatic rings. The van der Waals surface area contributed by atoms with Crippen LogP contribution in [-0.2, 0) is 26.5 Å². The highest BCUT2D eigenvalue weighted by Crippen LogP contribution is 2.22. The third-order valence-corrected chi connectivity index (χ3v) is 8.12. The van der Waals surface area contributed by atoms with E-state index in [-0.39, 0.29) is 35.0 Å². The minimum atomic E-state index is -3.50. The largest absolute Gasteiger partial charge is 0.313 e. The summed E-state index contributed by atoms with van der Waals surface area (Å²) in [6.07, 6.45) is 2.53. The molecule has 0 aliphatic carbocycles. The van der Waals surface area contributed by atoms with E-state index >= 15 is 0 Å². The lowest BCUT2D eigenvalue weighted by atomic mass is 10.2. The van der Waals surface area contributed by atoms with E-state index in [0.29, 0.717) is 13.0 Å². The van der Waals surface area contributed by atoms with Crippen LogP contribution in [-0.4, -0.2) is 48.3 Å². The van der Waals surface area contributed by atoms with Crippen molar-refractivity contribution in [3.05, 3.63) is 17.0 Å². The summed E-state index contributed by atoms with van der Waals surface area (Å²) in [7, 11) is -6.71. The van der Waals surface area contributed by atoms with Crippen LogP contribution in [0.5, 0.6) is 0 Å². The fourth-order valence-corrected chi connectivity index (χ4v) is 5.38. The number of sulfonamides is 2. The lowest BCUT2D eigenvalue weighted by molar-refractivity contribution is 0.553. The number of nitrogens with one attached hydrogen (secondary N) is 3. The van der Waals surface area contributed by atoms with Gasteiger partial charge in [-0.3, -0.25) is 0 Å². The van der Waals surface area contributed by atoms with Crippen molar-refractivity contribution in [2.45, 2.75) is 36.4 Å². The topological polar surface area (TPSA) is 104 Å². The van der Waals surface area contributed by atoms with Crippen molar-refractivity contribution < 1.29 is 16.8 Å². The van der Waals surface area contributed by atoms with Crippen LogP contribution >= 0.6 is 23.7 Å². The Kier molecular flexibility index (Phi) is 8.60. The maximum absolute atomic E-state index is 12.2. The van der Waals surface area contributed by atoms with Crippen molar-refractivity contribution in [2.75, 3.05) is 25.4 Å². The lowest BCUT2D eigenvalue weighted by Crippen LogP contribution is -2.36. The Balaban J connectivity index is 0.00000288. The quantitative estimate of drug-likeness (QED) is 0.548. The number of halogens is 1. The van der Waals surface area contributed by atoms with Crippen molar-refractivity contribution in [2.24, 2.45) is 0 Å². The lowest BCUT2D eigenvalue weighted by Gasteiger charge is -2.10. The zero-order chi connectivity index (χ0) is 16.9. The fourth-order valence-electron chi connectivity index (χ4n) is 2.28. The number of hydrogen-bond donors (Lipinski definition) is 3. The van der Waals surface area contributed by atoms with Crippen molar-refractivity contribution in [3.8, 4) is 0 Å². The summed E-state index contributed by atoms with van der Waals surface area (Å²) in [5, 5.41) is 3.24. The van der Waals surface area contributed by atoms with E-state index < -0.39 is 20.0 Å². The number of hydrogen-bond acceptors (Lipinski definition) is 6. The molecule has 1 saturated heterocycles. The molecular weight excluding hydrogens is 394 g/mol. The summed E-state index contributed by atoms with van der Waals surface area (Å²) < 4.78 is 52.5. The Labute approximate surface area is 154 Å². The third-order valence-electron chi connectivity index (χ3n) is 3.66. The van der Waals surface area contributed by atoms with Gasteiger partial charge in [-0.15, -0.1) is 23.7 Å². The first-order valence-corrected chi connectivity index (χ1v) is 11.6. The molecule has 0 saturated carbocycles. The molecule has 1 aromatic heterocycles. The first kappa shape index (κ1) is 21.8. The van der Waals surface area contributed by atoms with Crippen molar-refractivity contribution in [1.29, 1.82) is 0 Å². The van der Waals surface area contributed by atoms with E-state index in [1.165, 1.54) is 11.3 Å². The molecule has 0 aromatic carbocycles. The Bertz CT molecular complexity index is 713. The zero-order valence-electron chi connectivity index (χ0n) is 13.4. The summed E-state index contributed by atoms with van der Waals surface area (Å²) >= 11 is 1.17. The Hall–Kier alpha value is -0.230. The summed E-state index contributed by atoms with van der Waals surface area (Å²) in [4.78, 5) is 0.836. The van der Waals surface area contributed by atoms with Crippen LogP contribution in [0.2, 0.25) is 0 Å². The predicted octanol–water partition coefficient (Wildman–Crippen LogP) is 0.682. The highest BCUT2D eigenvalue weighted by atomic mass is 35.5. The SMILES string of the molecule is CCS(=O)(=O)NCCc1ccc(S(=O)(=O)NCC2CCCN2)s1.Cl. The molecule has 140 valence electrons. The second-order valence-corrected chi connectivity index (χ2v) is 10.7. The second-order valence-electron chi connectivity index (χ2n) is 5.41. The molecule has 1 fully saturated rings. The standard InChI is InChI=1S/C13H23N3O4S3.ClH/c1-2-22(17,18)15-9-7-12-5-6-13(21-12)23(19,20)16-10-11-4-3-8-14-11;/h5-6,11,14-16H,2-4,7-10H2,1H3;1H. The van der Waals surface area contributed by atoms with Gasteiger partial charge in [0.1, 0.15) is 4.21 Å². The highest BCUT2D eigenvalue weighted by molar-refractivity contribution is 7.91. The molecule has 0 bridgehead atoms. The summed E-state index contributed by atoms with van der Waals surface area (Å²) in [6, 6.07) is 3.50. The molecule has 1 aliphatic rings. The molecule has 2 rings (SSSR count). The van der Waals surface area contributed by atoms with Crippen LogP contribution < -0.4 is 14.8 Å². The third kappa shape index (κ3) is 6.58. The second kappa shape index (κ2) is 9.46. The van der Waals surface area contributed by atoms with E-state index in [2.05, 4.69) is 14.8 Å². The molecule has 3 N–H and O–H groups in total. The van der Waals surface area contributed by atoms with Crippen molar-refractivity contribution >= 4 is 43.8 Å². The van der Waals surface area contributed by atoms with Gasteiger partial charge in [-0.25, -0.2) is 26.3 Å². The van der Waals surface area contributed by atoms with Gasteiger partial charge < -0.3 is 5.32 Å². The highest BCUT2D eigenvalue weighted by Gasteiger charge is 2.20. The molecular formula is C13H24ClN3O4S3. The van der Waals surface area contributed by atoms with Gasteiger partial charge in [-0.1, -0.05) is 0 Å². The Morgan fingerprint density at radius 2 is 2.00 bits per heavy atom. The molecule has 11 heteroatoms. The van der Waals surface area contributed by atoms with E-state index in [1.807, 2.05) is 0 Å². The molecule has 24 heavy (non-hydrogen) atoms. The Morgan fingerprint density at radius 1 is 1.25 bits per heavy atom. The van der Waals surface area contributed by atoms with Gasteiger partial charge in [-0.05, 0) is 44.9 Å². The maximum Gasteiger partial charge on any atom is 0.250 e. The van der Waals surface area contributed by atoms with Crippen LogP contribution in [0, 0.1) is 0 Å². The first-order chi connectivity index (χ1) is 10.8. The molecule has 0 spiro atoms. The van der Waals surface area contributed by atoms with Crippen LogP contribution in [0.25, 0.3) is 0 Å². The summed E-state index contributed by atoms with van der Waals surface area (Å²) in [5.41, 5.74) is 0. The fraction of sp³-hybridized carbons (Fsp3) is 0.692. The summed E-state index contributed by atoms with van der Waals surface area (Å²) in [6.45, 7) is 3.17. The molecule has 1 unspecified atom stereocenters. The minimum Gasteiger partial charge on any atom is -0.313 e. The van der Waals surface area contributed by atoms with Crippen LogP contribution in [0.3, 0.4) is 0 Å². The maximum atomic E-state index is 12.2. The van der Waals surface area contributed by atoms with E-state index in [4.69, 9.17) is 0 Å². The minimum absolute atomic E-state index is 0. The number of thiophene rings is 1.